The van der Waals surface area contributed by atoms with Crippen LogP contribution < -0.4 is 5.32 Å². The molecule has 1 aromatic rings. The lowest BCUT2D eigenvalue weighted by Gasteiger charge is -2.47. The van der Waals surface area contributed by atoms with E-state index in [9.17, 15) is 0 Å². The molecule has 1 aliphatic rings. The van der Waals surface area contributed by atoms with E-state index < -0.39 is 0 Å². The quantitative estimate of drug-likeness (QED) is 0.803. The van der Waals surface area contributed by atoms with E-state index in [1.807, 2.05) is 11.8 Å². The number of rotatable bonds is 6. The molecule has 0 aliphatic carbocycles. The third-order valence-electron chi connectivity index (χ3n) is 4.70. The van der Waals surface area contributed by atoms with Crippen molar-refractivity contribution in [2.45, 2.75) is 50.6 Å². The summed E-state index contributed by atoms with van der Waals surface area (Å²) < 4.78 is 0. The molecular weight excluding hydrogens is 276 g/mol. The summed E-state index contributed by atoms with van der Waals surface area (Å²) in [6, 6.07) is 11.4. The van der Waals surface area contributed by atoms with Gasteiger partial charge in [0.15, 0.2) is 0 Å². The van der Waals surface area contributed by atoms with Crippen LogP contribution in [0.25, 0.3) is 0 Å². The van der Waals surface area contributed by atoms with Crippen molar-refractivity contribution in [1.29, 1.82) is 0 Å². The average Bonchev–Trinajstić information content (AvgIpc) is 2.48. The number of benzene rings is 1. The van der Waals surface area contributed by atoms with Crippen LogP contribution in [0.1, 0.15) is 34.1 Å². The molecule has 0 radical (unpaired) electrons. The first-order chi connectivity index (χ1) is 10.0. The summed E-state index contributed by atoms with van der Waals surface area (Å²) in [6.45, 7) is 12.8. The van der Waals surface area contributed by atoms with Gasteiger partial charge in [-0.2, -0.15) is 0 Å². The van der Waals surface area contributed by atoms with E-state index in [0.717, 1.165) is 6.54 Å². The predicted molar refractivity (Wildman–Crippen MR) is 94.1 cm³/mol. The molecule has 21 heavy (non-hydrogen) atoms. The molecule has 0 bridgehead atoms. The van der Waals surface area contributed by atoms with Crippen LogP contribution in [0, 0.1) is 5.92 Å². The Morgan fingerprint density at radius 3 is 2.67 bits per heavy atom. The van der Waals surface area contributed by atoms with Gasteiger partial charge in [-0.3, -0.25) is 4.90 Å². The first kappa shape index (κ1) is 16.9. The summed E-state index contributed by atoms with van der Waals surface area (Å²) in [6.07, 6.45) is 1.19. The highest BCUT2D eigenvalue weighted by molar-refractivity contribution is 7.99. The summed E-state index contributed by atoms with van der Waals surface area (Å²) in [7, 11) is 0. The molecule has 2 nitrogen and oxygen atoms in total. The number of nitrogens with zero attached hydrogens (tertiary/aromatic N) is 1. The average molecular weight is 307 g/mol. The molecule has 2 atom stereocenters. The minimum atomic E-state index is 0.281. The normalized spacial score (nSPS) is 27.2. The van der Waals surface area contributed by atoms with Crippen molar-refractivity contribution in [2.75, 3.05) is 25.4 Å². The zero-order valence-corrected chi connectivity index (χ0v) is 14.7. The van der Waals surface area contributed by atoms with E-state index in [-0.39, 0.29) is 5.54 Å². The molecule has 1 heterocycles. The van der Waals surface area contributed by atoms with Crippen LogP contribution in [-0.4, -0.2) is 41.9 Å². The van der Waals surface area contributed by atoms with Crippen molar-refractivity contribution in [3.63, 3.8) is 0 Å². The first-order valence-corrected chi connectivity index (χ1v) is 9.19. The van der Waals surface area contributed by atoms with E-state index >= 15 is 0 Å². The van der Waals surface area contributed by atoms with E-state index in [2.05, 4.69) is 68.2 Å². The zero-order chi connectivity index (χ0) is 15.3. The van der Waals surface area contributed by atoms with Gasteiger partial charge in [0.05, 0.1) is 0 Å². The molecule has 0 aromatic heterocycles. The van der Waals surface area contributed by atoms with E-state index in [1.54, 1.807) is 0 Å². The minimum Gasteiger partial charge on any atom is -0.309 e. The maximum absolute atomic E-state index is 3.77. The van der Waals surface area contributed by atoms with E-state index in [4.69, 9.17) is 0 Å². The van der Waals surface area contributed by atoms with Crippen molar-refractivity contribution < 1.29 is 0 Å². The zero-order valence-electron chi connectivity index (χ0n) is 13.9. The van der Waals surface area contributed by atoms with Crippen LogP contribution in [0.15, 0.2) is 35.2 Å². The molecule has 0 amide bonds. The Labute approximate surface area is 134 Å². The number of hydrogen-bond donors (Lipinski definition) is 1. The van der Waals surface area contributed by atoms with Crippen LogP contribution in [0.5, 0.6) is 0 Å². The summed E-state index contributed by atoms with van der Waals surface area (Å²) in [5, 5.41) is 3.77. The van der Waals surface area contributed by atoms with Gasteiger partial charge in [0.25, 0.3) is 0 Å². The molecule has 3 heteroatoms. The summed E-state index contributed by atoms with van der Waals surface area (Å²) in [5.74, 6) is 1.88. The summed E-state index contributed by atoms with van der Waals surface area (Å²) >= 11 is 1.97. The topological polar surface area (TPSA) is 15.3 Å². The van der Waals surface area contributed by atoms with Gasteiger partial charge in [-0.05, 0) is 31.4 Å². The van der Waals surface area contributed by atoms with Gasteiger partial charge in [-0.1, -0.05) is 39.0 Å². The van der Waals surface area contributed by atoms with Crippen LogP contribution in [0.2, 0.25) is 0 Å². The molecule has 0 spiro atoms. The highest BCUT2D eigenvalue weighted by Crippen LogP contribution is 2.24. The number of thioether (sulfide) groups is 1. The Bertz CT molecular complexity index is 420. The predicted octanol–water partition coefficient (Wildman–Crippen LogP) is 3.88. The second kappa shape index (κ2) is 7.66. The largest absolute Gasteiger partial charge is 0.309 e. The molecule has 0 saturated carbocycles. The molecule has 2 unspecified atom stereocenters. The molecule has 1 N–H and O–H groups in total. The monoisotopic (exact) mass is 306 g/mol. The van der Waals surface area contributed by atoms with Gasteiger partial charge < -0.3 is 5.32 Å². The van der Waals surface area contributed by atoms with E-state index in [0.29, 0.717) is 12.0 Å². The second-order valence-electron chi connectivity index (χ2n) is 6.74. The van der Waals surface area contributed by atoms with Crippen molar-refractivity contribution in [2.24, 2.45) is 5.92 Å². The highest BCUT2D eigenvalue weighted by Gasteiger charge is 2.35. The van der Waals surface area contributed by atoms with Crippen LogP contribution in [0.4, 0.5) is 0 Å². The molecule has 1 aliphatic heterocycles. The lowest BCUT2D eigenvalue weighted by Crippen LogP contribution is -2.64. The first-order valence-electron chi connectivity index (χ1n) is 8.21. The molecule has 1 aromatic carbocycles. The van der Waals surface area contributed by atoms with Crippen LogP contribution in [-0.2, 0) is 0 Å². The Hall–Kier alpha value is -0.510. The standard InChI is InChI=1S/C18H30N2S/c1-5-18(4)14-20(17(13-19-18)15(2)3)11-12-21-16-9-7-6-8-10-16/h6-10,15,17,19H,5,11-14H2,1-4H3. The maximum Gasteiger partial charge on any atom is 0.0278 e. The summed E-state index contributed by atoms with van der Waals surface area (Å²) in [5.41, 5.74) is 0.281. The second-order valence-corrected chi connectivity index (χ2v) is 7.91. The Morgan fingerprint density at radius 2 is 2.05 bits per heavy atom. The fourth-order valence-electron chi connectivity index (χ4n) is 3.04. The van der Waals surface area contributed by atoms with Gasteiger partial charge in [0.1, 0.15) is 0 Å². The Kier molecular flexibility index (Phi) is 6.15. The van der Waals surface area contributed by atoms with Gasteiger partial charge >= 0.3 is 0 Å². The molecule has 118 valence electrons. The Morgan fingerprint density at radius 1 is 1.33 bits per heavy atom. The smallest absolute Gasteiger partial charge is 0.0278 e. The van der Waals surface area contributed by atoms with Gasteiger partial charge in [-0.25, -0.2) is 0 Å². The molecule has 2 rings (SSSR count). The lowest BCUT2D eigenvalue weighted by atomic mass is 9.90. The summed E-state index contributed by atoms with van der Waals surface area (Å²) in [4.78, 5) is 4.09. The minimum absolute atomic E-state index is 0.281. The number of hydrogen-bond acceptors (Lipinski definition) is 3. The van der Waals surface area contributed by atoms with Crippen LogP contribution in [0.3, 0.4) is 0 Å². The van der Waals surface area contributed by atoms with Crippen molar-refractivity contribution in [1.82, 2.24) is 10.2 Å². The fourth-order valence-corrected chi connectivity index (χ4v) is 3.95. The molecule has 1 fully saturated rings. The maximum atomic E-state index is 3.77. The lowest BCUT2D eigenvalue weighted by molar-refractivity contribution is 0.0661. The molecule has 1 saturated heterocycles. The Balaban J connectivity index is 1.90. The third-order valence-corrected chi connectivity index (χ3v) is 5.69. The van der Waals surface area contributed by atoms with Crippen LogP contribution >= 0.6 is 11.8 Å². The van der Waals surface area contributed by atoms with Crippen molar-refractivity contribution >= 4 is 11.8 Å². The van der Waals surface area contributed by atoms with Gasteiger partial charge in [0.2, 0.25) is 0 Å². The number of nitrogens with one attached hydrogen (secondary N) is 1. The molecular formula is C18H30N2S. The van der Waals surface area contributed by atoms with Crippen molar-refractivity contribution in [3.8, 4) is 0 Å². The third kappa shape index (κ3) is 4.73. The number of piperazine rings is 1. The fraction of sp³-hybridized carbons (Fsp3) is 0.667. The van der Waals surface area contributed by atoms with Crippen molar-refractivity contribution in [3.05, 3.63) is 30.3 Å². The SMILES string of the molecule is CCC1(C)CN(CCSc2ccccc2)C(C(C)C)CN1. The van der Waals surface area contributed by atoms with Gasteiger partial charge in [0, 0.05) is 41.9 Å². The van der Waals surface area contributed by atoms with Gasteiger partial charge in [-0.15, -0.1) is 11.8 Å². The van der Waals surface area contributed by atoms with E-state index in [1.165, 1.54) is 30.2 Å². The highest BCUT2D eigenvalue weighted by atomic mass is 32.2.